The molecule has 3 nitrogen and oxygen atoms in total. The number of likely N-dealkylation sites (N-methyl/N-ethyl adjacent to an activating group) is 1. The molecule has 1 fully saturated rings. The van der Waals surface area contributed by atoms with Crippen molar-refractivity contribution in [3.63, 3.8) is 0 Å². The second-order valence-corrected chi connectivity index (χ2v) is 5.59. The summed E-state index contributed by atoms with van der Waals surface area (Å²) in [4.78, 5) is 16.1. The molecular formula is C16H23ClN2O. The first-order chi connectivity index (χ1) is 9.74. The van der Waals surface area contributed by atoms with Crippen molar-refractivity contribution in [3.05, 3.63) is 35.9 Å². The number of halogens is 1. The summed E-state index contributed by atoms with van der Waals surface area (Å²) in [6, 6.07) is 11.0. The Hall–Kier alpha value is -1.06. The van der Waals surface area contributed by atoms with Gasteiger partial charge in [0.25, 0.3) is 0 Å². The zero-order valence-corrected chi connectivity index (χ0v) is 12.9. The van der Waals surface area contributed by atoms with Crippen molar-refractivity contribution in [2.45, 2.75) is 32.4 Å². The number of alkyl halides is 1. The van der Waals surface area contributed by atoms with Crippen molar-refractivity contribution in [2.24, 2.45) is 0 Å². The molecule has 1 aliphatic heterocycles. The van der Waals surface area contributed by atoms with Gasteiger partial charge in [0.1, 0.15) is 5.88 Å². The van der Waals surface area contributed by atoms with Gasteiger partial charge in [-0.1, -0.05) is 37.3 Å². The number of benzene rings is 1. The van der Waals surface area contributed by atoms with E-state index in [4.69, 9.17) is 11.6 Å². The number of rotatable bonds is 5. The molecule has 0 aromatic heterocycles. The molecule has 1 aromatic carbocycles. The number of amides is 1. The summed E-state index contributed by atoms with van der Waals surface area (Å²) in [5, 5.41) is 0. The standard InChI is InChI=1S/C16H23ClN2O/c1-2-18(12-14-7-4-3-5-8-14)15-9-6-10-19(13-15)16(20)11-17/h3-5,7-8,15H,2,6,9-13H2,1H3/t15-/m0/s1. The molecule has 0 N–H and O–H groups in total. The highest BCUT2D eigenvalue weighted by molar-refractivity contribution is 6.27. The van der Waals surface area contributed by atoms with Gasteiger partial charge < -0.3 is 4.90 Å². The summed E-state index contributed by atoms with van der Waals surface area (Å²) in [5.41, 5.74) is 1.33. The maximum Gasteiger partial charge on any atom is 0.237 e. The first-order valence-corrected chi connectivity index (χ1v) is 7.89. The average Bonchev–Trinajstić information content (AvgIpc) is 2.53. The third kappa shape index (κ3) is 3.97. The van der Waals surface area contributed by atoms with Crippen LogP contribution in [-0.4, -0.2) is 47.3 Å². The van der Waals surface area contributed by atoms with Crippen LogP contribution in [0.4, 0.5) is 0 Å². The fourth-order valence-corrected chi connectivity index (χ4v) is 3.05. The Kier molecular flexibility index (Phi) is 5.86. The normalized spacial score (nSPS) is 19.4. The number of nitrogens with zero attached hydrogens (tertiary/aromatic N) is 2. The summed E-state index contributed by atoms with van der Waals surface area (Å²) in [6.45, 7) is 5.80. The summed E-state index contributed by atoms with van der Waals surface area (Å²) >= 11 is 5.67. The second-order valence-electron chi connectivity index (χ2n) is 5.32. The van der Waals surface area contributed by atoms with Crippen LogP contribution in [0.3, 0.4) is 0 Å². The molecule has 110 valence electrons. The SMILES string of the molecule is CCN(Cc1ccccc1)[C@H]1CCCN(C(=O)CCl)C1. The minimum Gasteiger partial charge on any atom is -0.340 e. The van der Waals surface area contributed by atoms with E-state index in [-0.39, 0.29) is 11.8 Å². The molecule has 0 spiro atoms. The highest BCUT2D eigenvalue weighted by Gasteiger charge is 2.26. The van der Waals surface area contributed by atoms with Gasteiger partial charge in [-0.05, 0) is 24.9 Å². The van der Waals surface area contributed by atoms with Crippen LogP contribution in [0, 0.1) is 0 Å². The van der Waals surface area contributed by atoms with Crippen molar-refractivity contribution < 1.29 is 4.79 Å². The lowest BCUT2D eigenvalue weighted by atomic mass is 10.0. The Morgan fingerprint density at radius 1 is 1.40 bits per heavy atom. The molecule has 1 saturated heterocycles. The summed E-state index contributed by atoms with van der Waals surface area (Å²) < 4.78 is 0. The van der Waals surface area contributed by atoms with E-state index in [0.717, 1.165) is 39.0 Å². The van der Waals surface area contributed by atoms with Crippen LogP contribution in [0.5, 0.6) is 0 Å². The third-order valence-electron chi connectivity index (χ3n) is 4.01. The zero-order valence-electron chi connectivity index (χ0n) is 12.1. The smallest absolute Gasteiger partial charge is 0.237 e. The van der Waals surface area contributed by atoms with E-state index in [0.29, 0.717) is 6.04 Å². The lowest BCUT2D eigenvalue weighted by Crippen LogP contribution is -2.49. The molecule has 0 aliphatic carbocycles. The fraction of sp³-hybridized carbons (Fsp3) is 0.562. The molecule has 0 saturated carbocycles. The molecule has 0 radical (unpaired) electrons. The third-order valence-corrected chi connectivity index (χ3v) is 4.24. The van der Waals surface area contributed by atoms with Crippen molar-refractivity contribution in [1.82, 2.24) is 9.80 Å². The van der Waals surface area contributed by atoms with Crippen LogP contribution >= 0.6 is 11.6 Å². The van der Waals surface area contributed by atoms with E-state index in [2.05, 4.69) is 36.1 Å². The van der Waals surface area contributed by atoms with Gasteiger partial charge in [-0.15, -0.1) is 11.6 Å². The van der Waals surface area contributed by atoms with Crippen LogP contribution in [0.15, 0.2) is 30.3 Å². The van der Waals surface area contributed by atoms with Gasteiger partial charge >= 0.3 is 0 Å². The van der Waals surface area contributed by atoms with Crippen molar-refractivity contribution in [1.29, 1.82) is 0 Å². The van der Waals surface area contributed by atoms with Crippen molar-refractivity contribution in [2.75, 3.05) is 25.5 Å². The molecule has 1 aromatic rings. The van der Waals surface area contributed by atoms with Gasteiger partial charge in [-0.25, -0.2) is 0 Å². The molecule has 1 amide bonds. The van der Waals surface area contributed by atoms with Crippen LogP contribution in [-0.2, 0) is 11.3 Å². The molecule has 20 heavy (non-hydrogen) atoms. The Morgan fingerprint density at radius 2 is 2.15 bits per heavy atom. The first kappa shape index (κ1) is 15.3. The van der Waals surface area contributed by atoms with E-state index in [1.165, 1.54) is 5.56 Å². The molecule has 1 heterocycles. The Morgan fingerprint density at radius 3 is 2.80 bits per heavy atom. The topological polar surface area (TPSA) is 23.6 Å². The molecule has 0 bridgehead atoms. The molecule has 1 aliphatic rings. The number of carbonyl (C=O) groups is 1. The highest BCUT2D eigenvalue weighted by Crippen LogP contribution is 2.18. The number of hydrogen-bond donors (Lipinski definition) is 0. The molecule has 4 heteroatoms. The van der Waals surface area contributed by atoms with Gasteiger partial charge in [0, 0.05) is 25.7 Å². The van der Waals surface area contributed by atoms with Gasteiger partial charge in [0.05, 0.1) is 0 Å². The first-order valence-electron chi connectivity index (χ1n) is 7.36. The Balaban J connectivity index is 1.98. The van der Waals surface area contributed by atoms with E-state index in [9.17, 15) is 4.79 Å². The highest BCUT2D eigenvalue weighted by atomic mass is 35.5. The molecule has 0 unspecified atom stereocenters. The van der Waals surface area contributed by atoms with Crippen molar-refractivity contribution in [3.8, 4) is 0 Å². The van der Waals surface area contributed by atoms with Gasteiger partial charge in [0.15, 0.2) is 0 Å². The lowest BCUT2D eigenvalue weighted by molar-refractivity contribution is -0.130. The van der Waals surface area contributed by atoms with Gasteiger partial charge in [-0.3, -0.25) is 9.69 Å². The summed E-state index contributed by atoms with van der Waals surface area (Å²) in [7, 11) is 0. The number of piperidine rings is 1. The van der Waals surface area contributed by atoms with E-state index in [1.54, 1.807) is 0 Å². The fourth-order valence-electron chi connectivity index (χ4n) is 2.88. The molecular weight excluding hydrogens is 272 g/mol. The average molecular weight is 295 g/mol. The Bertz CT molecular complexity index is 424. The van der Waals surface area contributed by atoms with Gasteiger partial charge in [-0.2, -0.15) is 0 Å². The predicted molar refractivity (Wildman–Crippen MR) is 82.8 cm³/mol. The van der Waals surface area contributed by atoms with E-state index < -0.39 is 0 Å². The summed E-state index contributed by atoms with van der Waals surface area (Å²) in [6.07, 6.45) is 2.23. The number of hydrogen-bond acceptors (Lipinski definition) is 2. The van der Waals surface area contributed by atoms with Crippen molar-refractivity contribution >= 4 is 17.5 Å². The monoisotopic (exact) mass is 294 g/mol. The van der Waals surface area contributed by atoms with Crippen LogP contribution in [0.1, 0.15) is 25.3 Å². The minimum absolute atomic E-state index is 0.0622. The summed E-state index contributed by atoms with van der Waals surface area (Å²) in [5.74, 6) is 0.157. The maximum atomic E-state index is 11.8. The quantitative estimate of drug-likeness (QED) is 0.780. The second kappa shape index (κ2) is 7.65. The number of likely N-dealkylation sites (tertiary alicyclic amines) is 1. The number of carbonyl (C=O) groups excluding carboxylic acids is 1. The predicted octanol–water partition coefficient (Wildman–Crippen LogP) is 2.74. The minimum atomic E-state index is 0.0622. The van der Waals surface area contributed by atoms with E-state index in [1.807, 2.05) is 11.0 Å². The Labute approximate surface area is 126 Å². The van der Waals surface area contributed by atoms with Crippen LogP contribution in [0.2, 0.25) is 0 Å². The lowest BCUT2D eigenvalue weighted by Gasteiger charge is -2.39. The largest absolute Gasteiger partial charge is 0.340 e. The van der Waals surface area contributed by atoms with E-state index >= 15 is 0 Å². The molecule has 2 rings (SSSR count). The maximum absolute atomic E-state index is 11.8. The van der Waals surface area contributed by atoms with Gasteiger partial charge in [0.2, 0.25) is 5.91 Å². The molecule has 1 atom stereocenters. The zero-order chi connectivity index (χ0) is 14.4. The van der Waals surface area contributed by atoms with Crippen LogP contribution in [0.25, 0.3) is 0 Å². The van der Waals surface area contributed by atoms with Crippen LogP contribution < -0.4 is 0 Å².